The van der Waals surface area contributed by atoms with E-state index in [2.05, 4.69) is 34.5 Å². The number of hydrogen-bond donors (Lipinski definition) is 0. The maximum atomic E-state index is 13.2. The first-order valence-electron chi connectivity index (χ1n) is 10.5. The second kappa shape index (κ2) is 9.20. The number of benzene rings is 3. The number of aryl methyl sites for hydroxylation is 2. The van der Waals surface area contributed by atoms with Gasteiger partial charge in [0.2, 0.25) is 0 Å². The molecule has 172 valence electrons. The molecule has 34 heavy (non-hydrogen) atoms. The van der Waals surface area contributed by atoms with E-state index in [1.807, 2.05) is 61.5 Å². The van der Waals surface area contributed by atoms with Crippen molar-refractivity contribution in [1.29, 1.82) is 0 Å². The molecule has 0 spiro atoms. The number of halogens is 2. The molecule has 0 aliphatic heterocycles. The second-order valence-electron chi connectivity index (χ2n) is 8.02. The summed E-state index contributed by atoms with van der Waals surface area (Å²) in [5.41, 5.74) is 5.79. The molecule has 0 saturated carbocycles. The average Bonchev–Trinajstić information content (AvgIpc) is 3.29. The van der Waals surface area contributed by atoms with Gasteiger partial charge < -0.3 is 9.47 Å². The number of nitrogens with zero attached hydrogens (tertiary/aromatic N) is 2. The quantitative estimate of drug-likeness (QED) is 0.235. The monoisotopic (exact) mass is 602 g/mol. The van der Waals surface area contributed by atoms with Gasteiger partial charge >= 0.3 is 0 Å². The molecule has 5 nitrogen and oxygen atoms in total. The van der Waals surface area contributed by atoms with Gasteiger partial charge in [-0.25, -0.2) is 9.38 Å². The van der Waals surface area contributed by atoms with Crippen LogP contribution in [0.25, 0.3) is 22.1 Å². The van der Waals surface area contributed by atoms with Gasteiger partial charge in [0.25, 0.3) is 5.56 Å². The Morgan fingerprint density at radius 2 is 1.85 bits per heavy atom. The van der Waals surface area contributed by atoms with Gasteiger partial charge in [0.15, 0.2) is 16.5 Å². The van der Waals surface area contributed by atoms with Crippen molar-refractivity contribution < 1.29 is 9.47 Å². The highest BCUT2D eigenvalue weighted by molar-refractivity contribution is 14.1. The van der Waals surface area contributed by atoms with Crippen LogP contribution in [0.4, 0.5) is 0 Å². The summed E-state index contributed by atoms with van der Waals surface area (Å²) in [7, 11) is 1.61. The predicted octanol–water partition coefficient (Wildman–Crippen LogP) is 5.92. The van der Waals surface area contributed by atoms with Crippen LogP contribution < -0.4 is 19.6 Å². The fourth-order valence-electron chi connectivity index (χ4n) is 3.77. The van der Waals surface area contributed by atoms with Crippen LogP contribution in [-0.4, -0.2) is 16.5 Å². The lowest BCUT2D eigenvalue weighted by Crippen LogP contribution is -2.22. The molecule has 2 aromatic heterocycles. The summed E-state index contributed by atoms with van der Waals surface area (Å²) >= 11 is 9.58. The molecule has 3 aromatic carbocycles. The average molecular weight is 603 g/mol. The van der Waals surface area contributed by atoms with Crippen molar-refractivity contribution in [3.05, 3.63) is 94.3 Å². The van der Waals surface area contributed by atoms with E-state index in [1.54, 1.807) is 11.5 Å². The number of imidazole rings is 1. The second-order valence-corrected chi connectivity index (χ2v) is 10.6. The van der Waals surface area contributed by atoms with E-state index in [1.165, 1.54) is 11.3 Å². The summed E-state index contributed by atoms with van der Waals surface area (Å²) in [6.45, 7) is 4.49. The topological polar surface area (TPSA) is 52.8 Å². The molecule has 0 atom stereocenters. The van der Waals surface area contributed by atoms with E-state index in [0.29, 0.717) is 32.6 Å². The maximum absolute atomic E-state index is 13.2. The highest BCUT2D eigenvalue weighted by Crippen LogP contribution is 2.35. The minimum Gasteiger partial charge on any atom is -0.493 e. The molecule has 0 fully saturated rings. The number of aromatic nitrogens is 2. The number of ether oxygens (including phenoxy) is 2. The molecule has 0 amide bonds. The van der Waals surface area contributed by atoms with Crippen molar-refractivity contribution in [3.63, 3.8) is 0 Å². The zero-order valence-corrected chi connectivity index (χ0v) is 22.4. The normalized spacial score (nSPS) is 12.1. The highest BCUT2D eigenvalue weighted by atomic mass is 127. The fraction of sp³-hybridized carbons (Fsp3) is 0.154. The van der Waals surface area contributed by atoms with E-state index >= 15 is 0 Å². The first-order chi connectivity index (χ1) is 16.3. The van der Waals surface area contributed by atoms with Crippen molar-refractivity contribution in [2.75, 3.05) is 7.11 Å². The maximum Gasteiger partial charge on any atom is 0.274 e. The van der Waals surface area contributed by atoms with Gasteiger partial charge in [-0.1, -0.05) is 35.1 Å². The first kappa shape index (κ1) is 23.1. The lowest BCUT2D eigenvalue weighted by atomic mass is 10.1. The Morgan fingerprint density at radius 3 is 2.59 bits per heavy atom. The number of rotatable bonds is 5. The minimum atomic E-state index is -0.0669. The fourth-order valence-corrected chi connectivity index (χ4v) is 5.66. The summed E-state index contributed by atoms with van der Waals surface area (Å²) in [5, 5.41) is 0.688. The molecule has 0 N–H and O–H groups in total. The first-order valence-corrected chi connectivity index (χ1v) is 12.8. The largest absolute Gasteiger partial charge is 0.493 e. The molecule has 0 bridgehead atoms. The zero-order chi connectivity index (χ0) is 24.0. The predicted molar refractivity (Wildman–Crippen MR) is 147 cm³/mol. The molecular weight excluding hydrogens is 583 g/mol. The smallest absolute Gasteiger partial charge is 0.274 e. The molecule has 0 aliphatic rings. The lowest BCUT2D eigenvalue weighted by molar-refractivity contribution is 0.282. The van der Waals surface area contributed by atoms with Gasteiger partial charge in [-0.05, 0) is 101 Å². The molecule has 0 radical (unpaired) electrons. The molecule has 0 saturated heterocycles. The van der Waals surface area contributed by atoms with Gasteiger partial charge in [0.05, 0.1) is 26.2 Å². The van der Waals surface area contributed by atoms with Gasteiger partial charge in [-0.3, -0.25) is 4.79 Å². The molecule has 0 aliphatic carbocycles. The van der Waals surface area contributed by atoms with E-state index in [0.717, 1.165) is 36.9 Å². The van der Waals surface area contributed by atoms with Gasteiger partial charge in [-0.15, -0.1) is 0 Å². The van der Waals surface area contributed by atoms with Crippen molar-refractivity contribution in [1.82, 2.24) is 9.38 Å². The van der Waals surface area contributed by atoms with Crippen LogP contribution in [0.2, 0.25) is 5.02 Å². The van der Waals surface area contributed by atoms with Crippen molar-refractivity contribution in [3.8, 4) is 11.5 Å². The summed E-state index contributed by atoms with van der Waals surface area (Å²) in [6.07, 6.45) is 1.88. The molecular formula is C26H20ClIN2O3S. The lowest BCUT2D eigenvalue weighted by Gasteiger charge is -2.13. The Labute approximate surface area is 218 Å². The molecule has 5 aromatic rings. The van der Waals surface area contributed by atoms with Crippen molar-refractivity contribution >= 4 is 67.6 Å². The van der Waals surface area contributed by atoms with E-state index in [9.17, 15) is 4.79 Å². The van der Waals surface area contributed by atoms with Gasteiger partial charge in [-0.2, -0.15) is 0 Å². The van der Waals surface area contributed by atoms with Crippen LogP contribution in [-0.2, 0) is 6.61 Å². The Morgan fingerprint density at radius 1 is 1.12 bits per heavy atom. The summed E-state index contributed by atoms with van der Waals surface area (Å²) in [6, 6.07) is 15.5. The SMILES string of the molecule is COc1cc(/C=c2/sc3nc4cc(C)c(C)cc4n3c2=O)cc(I)c1OCc1ccc(Cl)cc1. The van der Waals surface area contributed by atoms with Crippen molar-refractivity contribution in [2.45, 2.75) is 20.5 Å². The molecule has 0 unspecified atom stereocenters. The Kier molecular flexibility index (Phi) is 6.26. The van der Waals surface area contributed by atoms with Crippen LogP contribution in [0.5, 0.6) is 11.5 Å². The highest BCUT2D eigenvalue weighted by Gasteiger charge is 2.14. The third-order valence-corrected chi connectivity index (χ3v) is 7.72. The van der Waals surface area contributed by atoms with Crippen LogP contribution in [0.3, 0.4) is 0 Å². The third kappa shape index (κ3) is 4.28. The van der Waals surface area contributed by atoms with E-state index in [-0.39, 0.29) is 5.56 Å². The Balaban J connectivity index is 1.52. The zero-order valence-electron chi connectivity index (χ0n) is 18.7. The van der Waals surface area contributed by atoms with E-state index in [4.69, 9.17) is 21.1 Å². The van der Waals surface area contributed by atoms with Crippen LogP contribution in [0.15, 0.2) is 53.3 Å². The number of hydrogen-bond acceptors (Lipinski definition) is 5. The standard InChI is InChI=1S/C26H20ClIN2O3S/c1-14-8-20-21(9-15(14)2)30-25(31)23(34-26(30)29-20)12-17-10-19(28)24(22(11-17)32-3)33-13-16-4-6-18(27)7-5-16/h4-12H,13H2,1-3H3/b23-12+. The van der Waals surface area contributed by atoms with Gasteiger partial charge in [0.1, 0.15) is 6.61 Å². The van der Waals surface area contributed by atoms with Crippen LogP contribution in [0.1, 0.15) is 22.3 Å². The van der Waals surface area contributed by atoms with E-state index < -0.39 is 0 Å². The van der Waals surface area contributed by atoms with Crippen LogP contribution >= 0.6 is 45.5 Å². The minimum absolute atomic E-state index is 0.0669. The molecule has 2 heterocycles. The number of fused-ring (bicyclic) bond motifs is 3. The summed E-state index contributed by atoms with van der Waals surface area (Å²) in [5.74, 6) is 1.27. The molecule has 5 rings (SSSR count). The van der Waals surface area contributed by atoms with Crippen LogP contribution in [0, 0.1) is 17.4 Å². The Hall–Kier alpha value is -2.62. The van der Waals surface area contributed by atoms with Crippen molar-refractivity contribution in [2.24, 2.45) is 0 Å². The summed E-state index contributed by atoms with van der Waals surface area (Å²) in [4.78, 5) is 18.6. The molecule has 8 heteroatoms. The van der Waals surface area contributed by atoms with Gasteiger partial charge in [0, 0.05) is 5.02 Å². The number of methoxy groups -OCH3 is 1. The Bertz CT molecular complexity index is 1660. The summed E-state index contributed by atoms with van der Waals surface area (Å²) < 4.78 is 14.9. The third-order valence-electron chi connectivity index (χ3n) is 5.70. The number of thiazole rings is 1.